The first-order valence-electron chi connectivity index (χ1n) is 4.23. The summed E-state index contributed by atoms with van der Waals surface area (Å²) >= 11 is 0. The SMILES string of the molecule is COC(=O)C(C)Nc1ncncc1C#N. The number of carbonyl (C=O) groups is 1. The van der Waals surface area contributed by atoms with Gasteiger partial charge >= 0.3 is 5.97 Å². The Balaban J connectivity index is 2.81. The van der Waals surface area contributed by atoms with Crippen LogP contribution in [0.25, 0.3) is 0 Å². The number of hydrogen-bond acceptors (Lipinski definition) is 6. The van der Waals surface area contributed by atoms with E-state index in [9.17, 15) is 4.79 Å². The molecule has 0 saturated carbocycles. The third-order valence-corrected chi connectivity index (χ3v) is 1.74. The Labute approximate surface area is 86.9 Å². The van der Waals surface area contributed by atoms with Crippen molar-refractivity contribution in [2.75, 3.05) is 12.4 Å². The fraction of sp³-hybridized carbons (Fsp3) is 0.333. The van der Waals surface area contributed by atoms with Crippen LogP contribution in [-0.2, 0) is 9.53 Å². The lowest BCUT2D eigenvalue weighted by Gasteiger charge is -2.12. The Morgan fingerprint density at radius 3 is 3.07 bits per heavy atom. The van der Waals surface area contributed by atoms with Crippen LogP contribution in [0.5, 0.6) is 0 Å². The number of esters is 1. The van der Waals surface area contributed by atoms with Gasteiger partial charge in [-0.25, -0.2) is 14.8 Å². The highest BCUT2D eigenvalue weighted by molar-refractivity contribution is 5.78. The van der Waals surface area contributed by atoms with Gasteiger partial charge in [0.25, 0.3) is 0 Å². The molecule has 0 aromatic carbocycles. The van der Waals surface area contributed by atoms with E-state index in [1.54, 1.807) is 6.92 Å². The molecule has 0 radical (unpaired) electrons. The molecule has 1 unspecified atom stereocenters. The van der Waals surface area contributed by atoms with Gasteiger partial charge in [0.1, 0.15) is 29.8 Å². The van der Waals surface area contributed by atoms with Crippen LogP contribution in [0.1, 0.15) is 12.5 Å². The molecule has 0 amide bonds. The molecule has 1 atom stereocenters. The summed E-state index contributed by atoms with van der Waals surface area (Å²) in [6, 6.07) is 1.36. The predicted octanol–water partition coefficient (Wildman–Crippen LogP) is 0.322. The molecular weight excluding hydrogens is 196 g/mol. The normalized spacial score (nSPS) is 11.3. The van der Waals surface area contributed by atoms with Gasteiger partial charge in [0.05, 0.1) is 13.3 Å². The van der Waals surface area contributed by atoms with Gasteiger partial charge in [0.15, 0.2) is 0 Å². The van der Waals surface area contributed by atoms with Crippen LogP contribution in [0.3, 0.4) is 0 Å². The number of nitrogens with one attached hydrogen (secondary N) is 1. The molecule has 0 fully saturated rings. The molecule has 1 heterocycles. The van der Waals surface area contributed by atoms with Crippen molar-refractivity contribution in [3.8, 4) is 6.07 Å². The van der Waals surface area contributed by atoms with E-state index in [2.05, 4.69) is 20.0 Å². The van der Waals surface area contributed by atoms with Crippen LogP contribution in [0.15, 0.2) is 12.5 Å². The van der Waals surface area contributed by atoms with Crippen LogP contribution in [0.4, 0.5) is 5.82 Å². The van der Waals surface area contributed by atoms with Crippen LogP contribution < -0.4 is 5.32 Å². The number of ether oxygens (including phenoxy) is 1. The maximum absolute atomic E-state index is 11.1. The van der Waals surface area contributed by atoms with E-state index in [-0.39, 0.29) is 5.56 Å². The monoisotopic (exact) mass is 206 g/mol. The summed E-state index contributed by atoms with van der Waals surface area (Å²) in [5, 5.41) is 11.5. The van der Waals surface area contributed by atoms with Crippen molar-refractivity contribution in [1.29, 1.82) is 5.26 Å². The summed E-state index contributed by atoms with van der Waals surface area (Å²) in [5.41, 5.74) is 0.285. The van der Waals surface area contributed by atoms with Crippen molar-refractivity contribution in [3.63, 3.8) is 0 Å². The number of hydrogen-bond donors (Lipinski definition) is 1. The molecule has 6 heteroatoms. The van der Waals surface area contributed by atoms with E-state index in [0.29, 0.717) is 5.82 Å². The zero-order valence-electron chi connectivity index (χ0n) is 8.39. The van der Waals surface area contributed by atoms with Crippen molar-refractivity contribution in [1.82, 2.24) is 9.97 Å². The van der Waals surface area contributed by atoms with E-state index in [1.807, 2.05) is 6.07 Å². The van der Waals surface area contributed by atoms with Crippen LogP contribution in [0, 0.1) is 11.3 Å². The minimum absolute atomic E-state index is 0.285. The largest absolute Gasteiger partial charge is 0.467 e. The van der Waals surface area contributed by atoms with Gasteiger partial charge in [-0.05, 0) is 6.92 Å². The molecule has 1 rings (SSSR count). The Morgan fingerprint density at radius 1 is 1.73 bits per heavy atom. The molecule has 0 aliphatic rings. The topological polar surface area (TPSA) is 87.9 Å². The summed E-state index contributed by atoms with van der Waals surface area (Å²) in [7, 11) is 1.30. The third kappa shape index (κ3) is 2.64. The predicted molar refractivity (Wildman–Crippen MR) is 51.8 cm³/mol. The third-order valence-electron chi connectivity index (χ3n) is 1.74. The summed E-state index contributed by atoms with van der Waals surface area (Å²) in [6.45, 7) is 1.62. The molecule has 6 nitrogen and oxygen atoms in total. The Bertz CT molecular complexity index is 399. The molecule has 15 heavy (non-hydrogen) atoms. The molecule has 0 spiro atoms. The number of anilines is 1. The second-order valence-electron chi connectivity index (χ2n) is 2.79. The average molecular weight is 206 g/mol. The van der Waals surface area contributed by atoms with Gasteiger partial charge in [0, 0.05) is 0 Å². The number of methoxy groups -OCH3 is 1. The second-order valence-corrected chi connectivity index (χ2v) is 2.79. The van der Waals surface area contributed by atoms with Crippen LogP contribution in [0.2, 0.25) is 0 Å². The Morgan fingerprint density at radius 2 is 2.47 bits per heavy atom. The quantitative estimate of drug-likeness (QED) is 0.716. The first-order valence-corrected chi connectivity index (χ1v) is 4.23. The van der Waals surface area contributed by atoms with Crippen molar-refractivity contribution in [3.05, 3.63) is 18.1 Å². The van der Waals surface area contributed by atoms with Crippen molar-refractivity contribution in [2.24, 2.45) is 0 Å². The molecule has 1 aromatic rings. The lowest BCUT2D eigenvalue weighted by atomic mass is 10.3. The zero-order chi connectivity index (χ0) is 11.3. The first kappa shape index (κ1) is 10.9. The number of carbonyl (C=O) groups excluding carboxylic acids is 1. The minimum Gasteiger partial charge on any atom is -0.467 e. The molecule has 0 bridgehead atoms. The second kappa shape index (κ2) is 4.91. The van der Waals surface area contributed by atoms with E-state index in [4.69, 9.17) is 5.26 Å². The Kier molecular flexibility index (Phi) is 3.57. The van der Waals surface area contributed by atoms with E-state index in [0.717, 1.165) is 0 Å². The highest BCUT2D eigenvalue weighted by Crippen LogP contribution is 2.09. The van der Waals surface area contributed by atoms with Crippen LogP contribution >= 0.6 is 0 Å². The standard InChI is InChI=1S/C9H10N4O2/c1-6(9(14)15-2)13-8-7(3-10)4-11-5-12-8/h4-6H,1-2H3,(H,11,12,13). The molecule has 78 valence electrons. The fourth-order valence-electron chi connectivity index (χ4n) is 0.967. The molecule has 1 aromatic heterocycles. The fourth-order valence-corrected chi connectivity index (χ4v) is 0.967. The van der Waals surface area contributed by atoms with Crippen molar-refractivity contribution in [2.45, 2.75) is 13.0 Å². The van der Waals surface area contributed by atoms with Gasteiger partial charge in [-0.3, -0.25) is 0 Å². The lowest BCUT2D eigenvalue weighted by molar-refractivity contribution is -0.141. The van der Waals surface area contributed by atoms with Gasteiger partial charge in [-0.2, -0.15) is 5.26 Å². The van der Waals surface area contributed by atoms with Crippen molar-refractivity contribution >= 4 is 11.8 Å². The highest BCUT2D eigenvalue weighted by Gasteiger charge is 2.14. The van der Waals surface area contributed by atoms with Gasteiger partial charge in [0.2, 0.25) is 0 Å². The molecular formula is C9H10N4O2. The summed E-state index contributed by atoms with van der Waals surface area (Å²) in [6.07, 6.45) is 2.67. The summed E-state index contributed by atoms with van der Waals surface area (Å²) < 4.78 is 4.53. The van der Waals surface area contributed by atoms with Crippen molar-refractivity contribution < 1.29 is 9.53 Å². The molecule has 0 saturated heterocycles. The molecule has 0 aliphatic heterocycles. The van der Waals surface area contributed by atoms with Gasteiger partial charge in [-0.15, -0.1) is 0 Å². The summed E-state index contributed by atoms with van der Waals surface area (Å²) in [5.74, 6) is -0.0945. The maximum atomic E-state index is 11.1. The van der Waals surface area contributed by atoms with E-state index < -0.39 is 12.0 Å². The summed E-state index contributed by atoms with van der Waals surface area (Å²) in [4.78, 5) is 18.7. The Hall–Kier alpha value is -2.16. The van der Waals surface area contributed by atoms with Crippen LogP contribution in [-0.4, -0.2) is 29.1 Å². The number of nitriles is 1. The van der Waals surface area contributed by atoms with Gasteiger partial charge in [-0.1, -0.05) is 0 Å². The van der Waals surface area contributed by atoms with Gasteiger partial charge < -0.3 is 10.1 Å². The van der Waals surface area contributed by atoms with E-state index >= 15 is 0 Å². The molecule has 0 aliphatic carbocycles. The average Bonchev–Trinajstić information content (AvgIpc) is 2.28. The number of rotatable bonds is 3. The zero-order valence-corrected chi connectivity index (χ0v) is 8.39. The minimum atomic E-state index is -0.558. The first-order chi connectivity index (χ1) is 7.19. The number of aromatic nitrogens is 2. The smallest absolute Gasteiger partial charge is 0.328 e. The lowest BCUT2D eigenvalue weighted by Crippen LogP contribution is -2.28. The number of nitrogens with zero attached hydrogens (tertiary/aromatic N) is 3. The highest BCUT2D eigenvalue weighted by atomic mass is 16.5. The maximum Gasteiger partial charge on any atom is 0.328 e. The van der Waals surface area contributed by atoms with E-state index in [1.165, 1.54) is 19.6 Å². The molecule has 1 N–H and O–H groups in total.